The van der Waals surface area contributed by atoms with Crippen LogP contribution in [0.25, 0.3) is 0 Å². The van der Waals surface area contributed by atoms with Crippen molar-refractivity contribution in [2.24, 2.45) is 16.0 Å². The lowest BCUT2D eigenvalue weighted by molar-refractivity contribution is -0.142. The van der Waals surface area contributed by atoms with Crippen molar-refractivity contribution in [1.82, 2.24) is 4.90 Å². The number of benzene rings is 2. The highest BCUT2D eigenvalue weighted by Crippen LogP contribution is 2.23. The normalized spacial score (nSPS) is 14.2. The van der Waals surface area contributed by atoms with Gasteiger partial charge in [-0.1, -0.05) is 0 Å². The van der Waals surface area contributed by atoms with Crippen molar-refractivity contribution in [2.75, 3.05) is 29.9 Å². The maximum Gasteiger partial charge on any atom is 0.320 e. The van der Waals surface area contributed by atoms with Gasteiger partial charge >= 0.3 is 5.97 Å². The van der Waals surface area contributed by atoms with E-state index < -0.39 is 18.1 Å². The third kappa shape index (κ3) is 9.63. The van der Waals surface area contributed by atoms with E-state index in [0.29, 0.717) is 49.5 Å². The van der Waals surface area contributed by atoms with E-state index in [4.69, 9.17) is 15.6 Å². The number of likely N-dealkylation sites (N-methyl/N-ethyl adjacent to an activating group) is 1. The molecule has 0 radical (unpaired) electrons. The lowest BCUT2D eigenvalue weighted by Crippen LogP contribution is -2.38. The fourth-order valence-corrected chi connectivity index (χ4v) is 4.22. The summed E-state index contributed by atoms with van der Waals surface area (Å²) in [6, 6.07) is 13.1. The summed E-state index contributed by atoms with van der Waals surface area (Å²) in [6.07, 6.45) is 2.69. The number of nitrogens with one attached hydrogen (secondary N) is 1. The Balaban J connectivity index is 1.45. The average Bonchev–Trinajstić information content (AvgIpc) is 3.30. The molecule has 0 spiro atoms. The van der Waals surface area contributed by atoms with Gasteiger partial charge in [-0.3, -0.25) is 28.9 Å². The molecule has 1 aliphatic heterocycles. The van der Waals surface area contributed by atoms with Gasteiger partial charge in [0.05, 0.1) is 11.4 Å². The van der Waals surface area contributed by atoms with E-state index in [1.54, 1.807) is 24.3 Å². The van der Waals surface area contributed by atoms with Crippen molar-refractivity contribution in [3.05, 3.63) is 60.7 Å². The highest BCUT2D eigenvalue weighted by molar-refractivity contribution is 6.12. The molecule has 1 aliphatic rings. The minimum absolute atomic E-state index is 0.0314. The molecule has 13 nitrogen and oxygen atoms in total. The molecule has 0 aromatic heterocycles. The van der Waals surface area contributed by atoms with Gasteiger partial charge in [-0.05, 0) is 68.3 Å². The summed E-state index contributed by atoms with van der Waals surface area (Å²) < 4.78 is 4.89. The molecule has 1 heterocycles. The number of carboxylic acid groups (broad SMARTS) is 1. The molecule has 222 valence electrons. The number of carboxylic acids is 1. The van der Waals surface area contributed by atoms with Gasteiger partial charge < -0.3 is 25.8 Å². The highest BCUT2D eigenvalue weighted by atomic mass is 16.5. The van der Waals surface area contributed by atoms with Crippen LogP contribution in [0.1, 0.15) is 32.6 Å². The Labute approximate surface area is 243 Å². The van der Waals surface area contributed by atoms with E-state index in [1.165, 1.54) is 17.1 Å². The molecule has 13 heteroatoms. The van der Waals surface area contributed by atoms with Gasteiger partial charge in [-0.15, -0.1) is 0 Å². The Morgan fingerprint density at radius 1 is 1.05 bits per heavy atom. The van der Waals surface area contributed by atoms with Crippen molar-refractivity contribution >= 4 is 52.9 Å². The molecule has 0 saturated heterocycles. The first-order chi connectivity index (χ1) is 20.2. The minimum Gasteiger partial charge on any atom is -0.480 e. The molecule has 3 amide bonds. The minimum atomic E-state index is -1.19. The number of hydrogen-bond donors (Lipinski definition) is 3. The summed E-state index contributed by atoms with van der Waals surface area (Å²) in [4.78, 5) is 60.7. The van der Waals surface area contributed by atoms with E-state index in [9.17, 15) is 24.0 Å². The summed E-state index contributed by atoms with van der Waals surface area (Å²) in [6.45, 7) is 3.75. The van der Waals surface area contributed by atoms with E-state index in [1.807, 2.05) is 31.2 Å². The number of azo groups is 1. The third-order valence-corrected chi connectivity index (χ3v) is 6.53. The number of nitrogens with zero attached hydrogens (tertiary/aromatic N) is 4. The van der Waals surface area contributed by atoms with Crippen molar-refractivity contribution in [2.45, 2.75) is 44.8 Å². The number of amides is 3. The highest BCUT2D eigenvalue weighted by Gasteiger charge is 2.23. The molecule has 2 aromatic rings. The Bertz CT molecular complexity index is 1290. The number of hydrogen-bond acceptors (Lipinski definition) is 10. The van der Waals surface area contributed by atoms with Crippen molar-refractivity contribution in [3.63, 3.8) is 0 Å². The first-order valence-electron chi connectivity index (χ1n) is 13.5. The quantitative estimate of drug-likeness (QED) is 0.144. The smallest absolute Gasteiger partial charge is 0.320 e. The van der Waals surface area contributed by atoms with Gasteiger partial charge in [-0.25, -0.2) is 0 Å². The van der Waals surface area contributed by atoms with Crippen LogP contribution in [0, 0.1) is 0 Å². The number of ether oxygens (including phenoxy) is 1. The van der Waals surface area contributed by atoms with Crippen molar-refractivity contribution in [3.8, 4) is 0 Å². The first-order valence-corrected chi connectivity index (χ1v) is 13.5. The summed E-state index contributed by atoms with van der Waals surface area (Å²) in [5, 5.41) is 20.2. The van der Waals surface area contributed by atoms with Crippen LogP contribution in [0.5, 0.6) is 0 Å². The van der Waals surface area contributed by atoms with Crippen LogP contribution in [0.3, 0.4) is 0 Å². The number of rotatable bonds is 17. The van der Waals surface area contributed by atoms with E-state index in [2.05, 4.69) is 20.4 Å². The van der Waals surface area contributed by atoms with Gasteiger partial charge in [0.25, 0.3) is 18.3 Å². The monoisotopic (exact) mass is 578 g/mol. The lowest BCUT2D eigenvalue weighted by atomic mass is 10.0. The number of carbonyl (C=O) groups excluding carboxylic acids is 4. The Kier molecular flexibility index (Phi) is 11.9. The van der Waals surface area contributed by atoms with E-state index in [-0.39, 0.29) is 37.0 Å². The summed E-state index contributed by atoms with van der Waals surface area (Å²) in [5.41, 5.74) is 8.23. The third-order valence-electron chi connectivity index (χ3n) is 6.53. The fourth-order valence-electron chi connectivity index (χ4n) is 4.22. The number of carbonyl (C=O) groups is 5. The molecule has 2 aromatic carbocycles. The van der Waals surface area contributed by atoms with Gasteiger partial charge in [0.2, 0.25) is 5.91 Å². The molecule has 2 atom stereocenters. The largest absolute Gasteiger partial charge is 0.480 e. The molecule has 0 saturated carbocycles. The van der Waals surface area contributed by atoms with E-state index in [0.717, 1.165) is 5.69 Å². The Morgan fingerprint density at radius 3 is 2.19 bits per heavy atom. The molecule has 42 heavy (non-hydrogen) atoms. The zero-order valence-corrected chi connectivity index (χ0v) is 23.2. The topological polar surface area (TPSA) is 184 Å². The van der Waals surface area contributed by atoms with Gasteiger partial charge in [-0.2, -0.15) is 10.2 Å². The average molecular weight is 579 g/mol. The van der Waals surface area contributed by atoms with Gasteiger partial charge in [0.1, 0.15) is 12.1 Å². The number of nitrogens with two attached hydrogens (primary N) is 1. The maximum absolute atomic E-state index is 12.3. The number of aliphatic carboxylic acids is 1. The molecular weight excluding hydrogens is 544 g/mol. The second kappa shape index (κ2) is 15.8. The van der Waals surface area contributed by atoms with Crippen LogP contribution < -0.4 is 16.0 Å². The molecule has 4 N–H and O–H groups in total. The maximum atomic E-state index is 12.3. The van der Waals surface area contributed by atoms with Crippen LogP contribution >= 0.6 is 0 Å². The SMILES string of the molecule is CCN(CCN1C(=O)C=CC1=O)c1ccc(/N=N/c2ccc(NC(=O)CCCC(CC(N)C(=O)O)OC=O)cc2)cc1. The van der Waals surface area contributed by atoms with Crippen LogP contribution in [-0.2, 0) is 28.7 Å². The molecule has 0 aliphatic carbocycles. The van der Waals surface area contributed by atoms with Crippen LogP contribution in [0.4, 0.5) is 22.7 Å². The van der Waals surface area contributed by atoms with Gasteiger partial charge in [0, 0.05) is 56.0 Å². The predicted molar refractivity (Wildman–Crippen MR) is 154 cm³/mol. The van der Waals surface area contributed by atoms with Crippen molar-refractivity contribution < 1.29 is 33.8 Å². The van der Waals surface area contributed by atoms with E-state index >= 15 is 0 Å². The standard InChI is InChI=1S/C29H34N6O7/c1-2-34(16-17-35-27(38)14-15-28(35)39)23-12-10-22(11-13-23)33-32-21-8-6-20(7-9-21)31-26(37)5-3-4-24(42-19-36)18-25(30)29(40)41/h6-15,19,24-25H,2-5,16-18,30H2,1H3,(H,31,37)(H,40,41)/b33-32+. The molecule has 0 bridgehead atoms. The molecule has 0 fully saturated rings. The Hall–Kier alpha value is -4.91. The second-order valence-corrected chi connectivity index (χ2v) is 9.48. The summed E-state index contributed by atoms with van der Waals surface area (Å²) >= 11 is 0. The molecule has 3 rings (SSSR count). The first kappa shape index (κ1) is 31.6. The summed E-state index contributed by atoms with van der Waals surface area (Å²) in [7, 11) is 0. The number of anilines is 2. The zero-order chi connectivity index (χ0) is 30.5. The zero-order valence-electron chi connectivity index (χ0n) is 23.2. The van der Waals surface area contributed by atoms with Crippen molar-refractivity contribution in [1.29, 1.82) is 0 Å². The number of imide groups is 1. The van der Waals surface area contributed by atoms with Gasteiger partial charge in [0.15, 0.2) is 0 Å². The molecule has 2 unspecified atom stereocenters. The van der Waals surface area contributed by atoms with Crippen LogP contribution in [0.2, 0.25) is 0 Å². The predicted octanol–water partition coefficient (Wildman–Crippen LogP) is 3.31. The van der Waals surface area contributed by atoms with Crippen LogP contribution in [-0.4, -0.2) is 71.9 Å². The molecular formula is C29H34N6O7. The second-order valence-electron chi connectivity index (χ2n) is 9.48. The fraction of sp³-hybridized carbons (Fsp3) is 0.345. The van der Waals surface area contributed by atoms with Crippen LogP contribution in [0.15, 0.2) is 70.9 Å². The Morgan fingerprint density at radius 2 is 1.64 bits per heavy atom. The lowest BCUT2D eigenvalue weighted by Gasteiger charge is -2.25. The summed E-state index contributed by atoms with van der Waals surface area (Å²) in [5.74, 6) is -2.02.